The first-order chi connectivity index (χ1) is 8.11. The fourth-order valence-electron chi connectivity index (χ4n) is 3.30. The molecule has 0 aromatic rings. The molecule has 0 unspecified atom stereocenters. The zero-order valence-corrected chi connectivity index (χ0v) is 10.4. The molecular weight excluding hydrogens is 216 g/mol. The maximum absolute atomic E-state index is 11.9. The molecular formula is C13H22N2O2. The molecule has 1 saturated carbocycles. The number of likely N-dealkylation sites (tertiary alicyclic amines) is 1. The highest BCUT2D eigenvalue weighted by atomic mass is 16.2. The molecule has 1 spiro atoms. The van der Waals surface area contributed by atoms with Crippen LogP contribution in [0.2, 0.25) is 0 Å². The summed E-state index contributed by atoms with van der Waals surface area (Å²) in [5.41, 5.74) is 5.32. The van der Waals surface area contributed by atoms with Crippen molar-refractivity contribution >= 4 is 11.8 Å². The molecule has 0 radical (unpaired) electrons. The molecule has 1 aliphatic heterocycles. The van der Waals surface area contributed by atoms with Crippen LogP contribution in [-0.4, -0.2) is 29.8 Å². The topological polar surface area (TPSA) is 63.4 Å². The van der Waals surface area contributed by atoms with E-state index in [4.69, 9.17) is 5.73 Å². The molecule has 2 rings (SSSR count). The summed E-state index contributed by atoms with van der Waals surface area (Å²) >= 11 is 0. The highest BCUT2D eigenvalue weighted by Crippen LogP contribution is 2.42. The van der Waals surface area contributed by atoms with Crippen LogP contribution in [0.4, 0.5) is 0 Å². The molecule has 2 amide bonds. The largest absolute Gasteiger partial charge is 0.368 e. The van der Waals surface area contributed by atoms with E-state index in [1.807, 2.05) is 0 Å². The maximum Gasteiger partial charge on any atom is 0.237 e. The first-order valence-corrected chi connectivity index (χ1v) is 6.67. The number of hydrogen-bond acceptors (Lipinski definition) is 2. The second-order valence-electron chi connectivity index (χ2n) is 5.66. The van der Waals surface area contributed by atoms with Crippen LogP contribution in [0.15, 0.2) is 0 Å². The first-order valence-electron chi connectivity index (χ1n) is 6.67. The van der Waals surface area contributed by atoms with Crippen molar-refractivity contribution in [2.75, 3.05) is 13.1 Å². The lowest BCUT2D eigenvalue weighted by atomic mass is 9.75. The van der Waals surface area contributed by atoms with Gasteiger partial charge in [-0.1, -0.05) is 32.1 Å². The Kier molecular flexibility index (Phi) is 3.69. The van der Waals surface area contributed by atoms with Gasteiger partial charge in [-0.05, 0) is 18.3 Å². The molecule has 0 atom stereocenters. The van der Waals surface area contributed by atoms with Crippen molar-refractivity contribution in [3.05, 3.63) is 0 Å². The predicted molar refractivity (Wildman–Crippen MR) is 65.1 cm³/mol. The maximum atomic E-state index is 11.9. The third kappa shape index (κ3) is 2.99. The standard InChI is InChI=1S/C13H22N2O2/c14-11(16)9-15-10-13(8-12(15)17)6-4-2-1-3-5-7-13/h1-10H2,(H2,14,16). The summed E-state index contributed by atoms with van der Waals surface area (Å²) in [6.45, 7) is 0.843. The summed E-state index contributed by atoms with van der Waals surface area (Å²) in [6, 6.07) is 0. The van der Waals surface area contributed by atoms with Crippen LogP contribution >= 0.6 is 0 Å². The predicted octanol–water partition coefficient (Wildman–Crippen LogP) is 1.43. The third-order valence-electron chi connectivity index (χ3n) is 4.17. The van der Waals surface area contributed by atoms with Crippen LogP contribution in [0.1, 0.15) is 51.4 Å². The van der Waals surface area contributed by atoms with E-state index in [1.54, 1.807) is 4.90 Å². The summed E-state index contributed by atoms with van der Waals surface area (Å²) in [5, 5.41) is 0. The number of carbonyl (C=O) groups excluding carboxylic acids is 2. The number of primary amides is 1. The van der Waals surface area contributed by atoms with Gasteiger partial charge in [-0.3, -0.25) is 9.59 Å². The Bertz CT molecular complexity index is 307. The number of carbonyl (C=O) groups is 2. The van der Waals surface area contributed by atoms with Crippen molar-refractivity contribution in [3.8, 4) is 0 Å². The highest BCUT2D eigenvalue weighted by molar-refractivity contribution is 5.85. The molecule has 2 N–H and O–H groups in total. The van der Waals surface area contributed by atoms with Crippen molar-refractivity contribution in [2.24, 2.45) is 11.1 Å². The van der Waals surface area contributed by atoms with Crippen molar-refractivity contribution < 1.29 is 9.59 Å². The van der Waals surface area contributed by atoms with E-state index in [-0.39, 0.29) is 17.9 Å². The Morgan fingerprint density at radius 3 is 2.35 bits per heavy atom. The van der Waals surface area contributed by atoms with Crippen molar-refractivity contribution in [3.63, 3.8) is 0 Å². The summed E-state index contributed by atoms with van der Waals surface area (Å²) in [5.74, 6) is -0.286. The molecule has 2 fully saturated rings. The van der Waals surface area contributed by atoms with Gasteiger partial charge in [-0.2, -0.15) is 0 Å². The van der Waals surface area contributed by atoms with Gasteiger partial charge in [0, 0.05) is 13.0 Å². The molecule has 0 bridgehead atoms. The minimum atomic E-state index is -0.402. The Morgan fingerprint density at radius 1 is 1.18 bits per heavy atom. The second kappa shape index (κ2) is 5.07. The smallest absolute Gasteiger partial charge is 0.237 e. The van der Waals surface area contributed by atoms with Crippen LogP contribution in [0.25, 0.3) is 0 Å². The fourth-order valence-corrected chi connectivity index (χ4v) is 3.30. The molecule has 1 heterocycles. The van der Waals surface area contributed by atoms with Crippen LogP contribution in [0.5, 0.6) is 0 Å². The molecule has 1 saturated heterocycles. The lowest BCUT2D eigenvalue weighted by Gasteiger charge is -2.30. The van der Waals surface area contributed by atoms with E-state index in [0.717, 1.165) is 19.4 Å². The average molecular weight is 238 g/mol. The van der Waals surface area contributed by atoms with Crippen molar-refractivity contribution in [2.45, 2.75) is 51.4 Å². The number of amides is 2. The third-order valence-corrected chi connectivity index (χ3v) is 4.17. The van der Waals surface area contributed by atoms with Crippen LogP contribution in [0, 0.1) is 5.41 Å². The van der Waals surface area contributed by atoms with E-state index in [1.165, 1.54) is 32.1 Å². The summed E-state index contributed by atoms with van der Waals surface area (Å²) in [4.78, 5) is 24.5. The SMILES string of the molecule is NC(=O)CN1CC2(CCCCCCC2)CC1=O. The molecule has 96 valence electrons. The van der Waals surface area contributed by atoms with Gasteiger partial charge >= 0.3 is 0 Å². The van der Waals surface area contributed by atoms with Crippen molar-refractivity contribution in [1.29, 1.82) is 0 Å². The highest BCUT2D eigenvalue weighted by Gasteiger charge is 2.42. The quantitative estimate of drug-likeness (QED) is 0.791. The summed E-state index contributed by atoms with van der Waals surface area (Å²) < 4.78 is 0. The van der Waals surface area contributed by atoms with E-state index in [2.05, 4.69) is 0 Å². The van der Waals surface area contributed by atoms with Gasteiger partial charge in [0.05, 0.1) is 6.54 Å². The summed E-state index contributed by atoms with van der Waals surface area (Å²) in [7, 11) is 0. The molecule has 1 aliphatic carbocycles. The molecule has 4 nitrogen and oxygen atoms in total. The van der Waals surface area contributed by atoms with Gasteiger partial charge in [0.15, 0.2) is 0 Å². The minimum Gasteiger partial charge on any atom is -0.368 e. The van der Waals surface area contributed by atoms with Gasteiger partial charge in [0.2, 0.25) is 11.8 Å². The molecule has 0 aromatic carbocycles. The molecule has 4 heteroatoms. The van der Waals surface area contributed by atoms with Gasteiger partial charge in [-0.15, -0.1) is 0 Å². The number of nitrogens with two attached hydrogens (primary N) is 1. The minimum absolute atomic E-state index is 0.0978. The van der Waals surface area contributed by atoms with Gasteiger partial charge in [-0.25, -0.2) is 0 Å². The van der Waals surface area contributed by atoms with Crippen LogP contribution in [-0.2, 0) is 9.59 Å². The Labute approximate surface area is 103 Å². The van der Waals surface area contributed by atoms with Crippen LogP contribution < -0.4 is 5.73 Å². The molecule has 0 aromatic heterocycles. The molecule has 17 heavy (non-hydrogen) atoms. The normalized spacial score (nSPS) is 24.7. The Morgan fingerprint density at radius 2 is 1.76 bits per heavy atom. The van der Waals surface area contributed by atoms with E-state index >= 15 is 0 Å². The van der Waals surface area contributed by atoms with Gasteiger partial charge in [0.25, 0.3) is 0 Å². The van der Waals surface area contributed by atoms with Gasteiger partial charge in [0.1, 0.15) is 0 Å². The second-order valence-corrected chi connectivity index (χ2v) is 5.66. The Hall–Kier alpha value is -1.06. The van der Waals surface area contributed by atoms with E-state index in [9.17, 15) is 9.59 Å². The number of rotatable bonds is 2. The molecule has 2 aliphatic rings. The number of hydrogen-bond donors (Lipinski definition) is 1. The lowest BCUT2D eigenvalue weighted by molar-refractivity contribution is -0.132. The van der Waals surface area contributed by atoms with Gasteiger partial charge < -0.3 is 10.6 Å². The average Bonchev–Trinajstić information content (AvgIpc) is 2.51. The monoisotopic (exact) mass is 238 g/mol. The Balaban J connectivity index is 2.01. The van der Waals surface area contributed by atoms with Crippen LogP contribution in [0.3, 0.4) is 0 Å². The summed E-state index contributed by atoms with van der Waals surface area (Å²) in [6.07, 6.45) is 9.23. The number of nitrogens with zero attached hydrogens (tertiary/aromatic N) is 1. The fraction of sp³-hybridized carbons (Fsp3) is 0.846. The zero-order valence-electron chi connectivity index (χ0n) is 10.4. The van der Waals surface area contributed by atoms with E-state index in [0.29, 0.717) is 6.42 Å². The van der Waals surface area contributed by atoms with Crippen molar-refractivity contribution in [1.82, 2.24) is 4.90 Å². The zero-order chi connectivity index (χ0) is 12.3. The first kappa shape index (κ1) is 12.4. The van der Waals surface area contributed by atoms with E-state index < -0.39 is 5.91 Å². The lowest BCUT2D eigenvalue weighted by Crippen LogP contribution is -2.36.